The molecule has 1 unspecified atom stereocenters. The third-order valence-electron chi connectivity index (χ3n) is 2.20. The molecule has 1 fully saturated rings. The van der Waals surface area contributed by atoms with Crippen molar-refractivity contribution in [2.75, 3.05) is 14.1 Å². The summed E-state index contributed by atoms with van der Waals surface area (Å²) in [7, 11) is 3.88. The van der Waals surface area contributed by atoms with Crippen molar-refractivity contribution in [3.05, 3.63) is 0 Å². The first kappa shape index (κ1) is 15.4. The van der Waals surface area contributed by atoms with Crippen LogP contribution in [0.15, 0.2) is 4.99 Å². The smallest absolute Gasteiger partial charge is 0.253 e. The van der Waals surface area contributed by atoms with Gasteiger partial charge in [0.15, 0.2) is 0 Å². The first-order chi connectivity index (χ1) is 7.93. The van der Waals surface area contributed by atoms with Crippen molar-refractivity contribution >= 4 is 17.8 Å². The molecule has 7 nitrogen and oxygen atoms in total. The van der Waals surface area contributed by atoms with Gasteiger partial charge in [-0.15, -0.1) is 0 Å². The van der Waals surface area contributed by atoms with Crippen LogP contribution in [0.2, 0.25) is 0 Å². The maximum absolute atomic E-state index is 10.2. The summed E-state index contributed by atoms with van der Waals surface area (Å²) < 4.78 is 0. The lowest BCUT2D eigenvalue weighted by molar-refractivity contribution is -0.171. The number of rotatable bonds is 3. The number of carbonyl (C=O) groups is 2. The Morgan fingerprint density at radius 3 is 2.06 bits per heavy atom. The van der Waals surface area contributed by atoms with Crippen molar-refractivity contribution in [2.45, 2.75) is 32.4 Å². The number of amides is 2. The number of imide groups is 1. The molecule has 0 aromatic rings. The Kier molecular flexibility index (Phi) is 6.97. The monoisotopic (exact) mass is 242 g/mol. The van der Waals surface area contributed by atoms with Gasteiger partial charge in [-0.1, -0.05) is 6.92 Å². The van der Waals surface area contributed by atoms with Crippen molar-refractivity contribution in [3.8, 4) is 0 Å². The van der Waals surface area contributed by atoms with E-state index in [0.29, 0.717) is 0 Å². The first-order valence-corrected chi connectivity index (χ1v) is 5.26. The molecule has 1 heterocycles. The Balaban J connectivity index is 0.000000302. The Morgan fingerprint density at radius 2 is 1.94 bits per heavy atom. The predicted molar refractivity (Wildman–Crippen MR) is 60.8 cm³/mol. The van der Waals surface area contributed by atoms with Gasteiger partial charge in [-0.25, -0.2) is 10.4 Å². The summed E-state index contributed by atoms with van der Waals surface area (Å²) in [6, 6.07) is 2.03. The van der Waals surface area contributed by atoms with Gasteiger partial charge in [0.2, 0.25) is 0 Å². The second-order valence-corrected chi connectivity index (χ2v) is 3.69. The second-order valence-electron chi connectivity index (χ2n) is 3.69. The summed E-state index contributed by atoms with van der Waals surface area (Å²) in [5.74, 6) is -1.01. The molecule has 2 N–H and O–H groups in total. The van der Waals surface area contributed by atoms with E-state index in [1.54, 1.807) is 0 Å². The van der Waals surface area contributed by atoms with Gasteiger partial charge in [-0.2, -0.15) is 5.06 Å². The topological polar surface area (TPSA) is 97.1 Å². The van der Waals surface area contributed by atoms with Crippen LogP contribution >= 0.6 is 0 Å². The summed E-state index contributed by atoms with van der Waals surface area (Å²) in [4.78, 5) is 26.2. The molecule has 7 heteroatoms. The van der Waals surface area contributed by atoms with Gasteiger partial charge >= 0.3 is 0 Å². The van der Waals surface area contributed by atoms with Gasteiger partial charge in [-0.05, 0) is 20.5 Å². The average molecular weight is 242 g/mol. The van der Waals surface area contributed by atoms with Crippen LogP contribution in [0.25, 0.3) is 0 Å². The molecule has 96 valence electrons. The fourth-order valence-electron chi connectivity index (χ4n) is 1.21. The minimum Gasteiger partial charge on any atom is -0.287 e. The lowest BCUT2D eigenvalue weighted by Crippen LogP contribution is -2.24. The normalized spacial score (nSPS) is 16.4. The quantitative estimate of drug-likeness (QED) is 0.429. The zero-order valence-electron chi connectivity index (χ0n) is 10.3. The standard InChI is InChI=1S/C6H13N3.C4H5NO3/c1-4-6(8-5-7)9(2)3;6-3-1-2-4(7)5(3)8/h6-7H,4H2,1-3H3;8H,1-2H2. The maximum atomic E-state index is 10.2. The summed E-state index contributed by atoms with van der Waals surface area (Å²) in [6.45, 7) is 2.03. The second kappa shape index (κ2) is 7.67. The summed E-state index contributed by atoms with van der Waals surface area (Å²) in [6.07, 6.45) is 1.35. The molecule has 1 saturated heterocycles. The van der Waals surface area contributed by atoms with Crippen molar-refractivity contribution < 1.29 is 14.8 Å². The molecule has 17 heavy (non-hydrogen) atoms. The third-order valence-corrected chi connectivity index (χ3v) is 2.20. The molecule has 1 aliphatic rings. The Labute approximate surface area is 100 Å². The molecular formula is C10H18N4O3. The van der Waals surface area contributed by atoms with E-state index in [-0.39, 0.29) is 24.1 Å². The van der Waals surface area contributed by atoms with Crippen LogP contribution in [0.1, 0.15) is 26.2 Å². The van der Waals surface area contributed by atoms with Crippen LogP contribution in [0, 0.1) is 5.41 Å². The van der Waals surface area contributed by atoms with Gasteiger partial charge in [-0.3, -0.25) is 19.7 Å². The first-order valence-electron chi connectivity index (χ1n) is 5.26. The van der Waals surface area contributed by atoms with Gasteiger partial charge in [0.1, 0.15) is 6.17 Å². The minimum absolute atomic E-state index is 0.127. The lowest BCUT2D eigenvalue weighted by atomic mass is 10.4. The fourth-order valence-corrected chi connectivity index (χ4v) is 1.21. The highest BCUT2D eigenvalue weighted by molar-refractivity contribution is 6.00. The molecule has 1 rings (SSSR count). The van der Waals surface area contributed by atoms with Crippen LogP contribution in [0.5, 0.6) is 0 Å². The number of nitrogens with one attached hydrogen (secondary N) is 1. The SMILES string of the molecule is CCC(N=C=N)N(C)C.O=C1CCC(=O)N1O. The highest BCUT2D eigenvalue weighted by atomic mass is 16.5. The Morgan fingerprint density at radius 1 is 1.47 bits per heavy atom. The number of nitrogens with zero attached hydrogens (tertiary/aromatic N) is 3. The van der Waals surface area contributed by atoms with Gasteiger partial charge < -0.3 is 0 Å². The van der Waals surface area contributed by atoms with E-state index in [1.807, 2.05) is 31.9 Å². The Hall–Kier alpha value is -1.56. The molecular weight excluding hydrogens is 224 g/mol. The largest absolute Gasteiger partial charge is 0.287 e. The van der Waals surface area contributed by atoms with Crippen molar-refractivity contribution in [3.63, 3.8) is 0 Å². The van der Waals surface area contributed by atoms with E-state index in [4.69, 9.17) is 10.6 Å². The summed E-state index contributed by atoms with van der Waals surface area (Å²) in [5, 5.41) is 15.2. The molecule has 0 aliphatic carbocycles. The van der Waals surface area contributed by atoms with Crippen molar-refractivity contribution in [1.82, 2.24) is 9.96 Å². The van der Waals surface area contributed by atoms with E-state index in [2.05, 4.69) is 4.99 Å². The van der Waals surface area contributed by atoms with E-state index in [1.165, 1.54) is 0 Å². The molecule has 1 atom stereocenters. The number of aliphatic imine (C=N–C) groups is 1. The number of carbonyl (C=O) groups excluding carboxylic acids is 2. The summed E-state index contributed by atoms with van der Waals surface area (Å²) in [5.41, 5.74) is 0. The van der Waals surface area contributed by atoms with Crippen molar-refractivity contribution in [1.29, 1.82) is 5.41 Å². The van der Waals surface area contributed by atoms with Crippen LogP contribution < -0.4 is 0 Å². The van der Waals surface area contributed by atoms with Gasteiger partial charge in [0.05, 0.1) is 6.01 Å². The highest BCUT2D eigenvalue weighted by Crippen LogP contribution is 2.07. The van der Waals surface area contributed by atoms with Crippen LogP contribution in [0.3, 0.4) is 0 Å². The summed E-state index contributed by atoms with van der Waals surface area (Å²) >= 11 is 0. The van der Waals surface area contributed by atoms with Crippen LogP contribution in [-0.4, -0.2) is 53.3 Å². The molecule has 0 bridgehead atoms. The van der Waals surface area contributed by atoms with E-state index in [0.717, 1.165) is 6.42 Å². The molecule has 0 aromatic carbocycles. The predicted octanol–water partition coefficient (Wildman–Crippen LogP) is 0.561. The van der Waals surface area contributed by atoms with Crippen LogP contribution in [-0.2, 0) is 9.59 Å². The lowest BCUT2D eigenvalue weighted by Gasteiger charge is -2.15. The molecule has 0 saturated carbocycles. The van der Waals surface area contributed by atoms with Crippen LogP contribution in [0.4, 0.5) is 0 Å². The molecule has 0 aromatic heterocycles. The zero-order chi connectivity index (χ0) is 13.4. The molecule has 0 spiro atoms. The van der Waals surface area contributed by atoms with Crippen molar-refractivity contribution in [2.24, 2.45) is 4.99 Å². The van der Waals surface area contributed by atoms with E-state index in [9.17, 15) is 9.59 Å². The van der Waals surface area contributed by atoms with E-state index < -0.39 is 11.8 Å². The minimum atomic E-state index is -0.505. The fraction of sp³-hybridized carbons (Fsp3) is 0.700. The highest BCUT2D eigenvalue weighted by Gasteiger charge is 2.26. The average Bonchev–Trinajstić information content (AvgIpc) is 2.58. The number of hydroxylamine groups is 2. The third kappa shape index (κ3) is 5.35. The van der Waals surface area contributed by atoms with Gasteiger partial charge in [0, 0.05) is 12.8 Å². The number of hydrogen-bond donors (Lipinski definition) is 2. The van der Waals surface area contributed by atoms with E-state index >= 15 is 0 Å². The molecule has 2 amide bonds. The maximum Gasteiger partial charge on any atom is 0.253 e. The van der Waals surface area contributed by atoms with Gasteiger partial charge in [0.25, 0.3) is 11.8 Å². The molecule has 1 aliphatic heterocycles. The number of hydrogen-bond acceptors (Lipinski definition) is 6. The Bertz CT molecular complexity index is 308. The zero-order valence-corrected chi connectivity index (χ0v) is 10.3. The molecule has 0 radical (unpaired) electrons.